The van der Waals surface area contributed by atoms with Gasteiger partial charge in [-0.3, -0.25) is 14.9 Å². The molecular formula is C20H24N2O5. The maximum Gasteiger partial charge on any atom is 0.273 e. The smallest absolute Gasteiger partial charge is 0.273 e. The molecule has 0 aliphatic heterocycles. The molecule has 2 aromatic carbocycles. The quantitative estimate of drug-likeness (QED) is 0.397. The van der Waals surface area contributed by atoms with Crippen molar-refractivity contribution in [2.24, 2.45) is 0 Å². The molecule has 2 rings (SSSR count). The molecule has 1 amide bonds. The van der Waals surface area contributed by atoms with Gasteiger partial charge in [-0.2, -0.15) is 0 Å². The number of ether oxygens (including phenoxy) is 2. The molecule has 1 N–H and O–H groups in total. The van der Waals surface area contributed by atoms with Gasteiger partial charge >= 0.3 is 0 Å². The van der Waals surface area contributed by atoms with E-state index in [-0.39, 0.29) is 23.8 Å². The third-order valence-corrected chi connectivity index (χ3v) is 4.03. The van der Waals surface area contributed by atoms with Crippen LogP contribution in [-0.4, -0.2) is 24.5 Å². The Morgan fingerprint density at radius 1 is 1.19 bits per heavy atom. The van der Waals surface area contributed by atoms with Crippen LogP contribution >= 0.6 is 0 Å². The van der Waals surface area contributed by atoms with Crippen LogP contribution in [0.3, 0.4) is 0 Å². The number of carbonyl (C=O) groups is 1. The van der Waals surface area contributed by atoms with Crippen molar-refractivity contribution in [2.75, 3.05) is 19.0 Å². The summed E-state index contributed by atoms with van der Waals surface area (Å²) in [6, 6.07) is 12.0. The fourth-order valence-corrected chi connectivity index (χ4v) is 2.48. The minimum atomic E-state index is -0.515. The molecule has 0 heterocycles. The molecule has 0 bridgehead atoms. The molecular weight excluding hydrogens is 348 g/mol. The standard InChI is InChI=1S/C20H24N2O5/c1-14(2)15-6-9-17(10-7-15)27-12-4-5-20(23)21-18-11-8-16(22(24)25)13-19(18)26-3/h6-11,13-14H,4-5,12H2,1-3H3,(H,21,23). The van der Waals surface area contributed by atoms with Crippen molar-refractivity contribution in [3.8, 4) is 11.5 Å². The molecule has 0 fully saturated rings. The van der Waals surface area contributed by atoms with E-state index in [1.807, 2.05) is 24.3 Å². The Morgan fingerprint density at radius 2 is 1.89 bits per heavy atom. The number of hydrogen-bond donors (Lipinski definition) is 1. The van der Waals surface area contributed by atoms with Crippen molar-refractivity contribution < 1.29 is 19.2 Å². The van der Waals surface area contributed by atoms with E-state index in [1.54, 1.807) is 0 Å². The first kappa shape index (κ1) is 20.2. The van der Waals surface area contributed by atoms with Gasteiger partial charge in [-0.25, -0.2) is 0 Å². The molecule has 0 spiro atoms. The van der Waals surface area contributed by atoms with E-state index in [9.17, 15) is 14.9 Å². The van der Waals surface area contributed by atoms with Crippen molar-refractivity contribution >= 4 is 17.3 Å². The summed E-state index contributed by atoms with van der Waals surface area (Å²) in [5.74, 6) is 1.29. The predicted molar refractivity (Wildman–Crippen MR) is 104 cm³/mol. The Balaban J connectivity index is 1.80. The monoisotopic (exact) mass is 372 g/mol. The van der Waals surface area contributed by atoms with E-state index in [4.69, 9.17) is 9.47 Å². The van der Waals surface area contributed by atoms with Crippen molar-refractivity contribution in [1.82, 2.24) is 0 Å². The van der Waals surface area contributed by atoms with Crippen LogP contribution in [-0.2, 0) is 4.79 Å². The van der Waals surface area contributed by atoms with Crippen LogP contribution < -0.4 is 14.8 Å². The zero-order chi connectivity index (χ0) is 19.8. The normalized spacial score (nSPS) is 10.5. The number of methoxy groups -OCH3 is 1. The van der Waals surface area contributed by atoms with Gasteiger partial charge in [-0.1, -0.05) is 26.0 Å². The Bertz CT molecular complexity index is 787. The van der Waals surface area contributed by atoms with Gasteiger partial charge in [0.15, 0.2) is 0 Å². The van der Waals surface area contributed by atoms with Crippen LogP contribution in [0, 0.1) is 10.1 Å². The van der Waals surface area contributed by atoms with Crippen LogP contribution in [0.1, 0.15) is 38.2 Å². The molecule has 2 aromatic rings. The van der Waals surface area contributed by atoms with Gasteiger partial charge in [-0.15, -0.1) is 0 Å². The summed E-state index contributed by atoms with van der Waals surface area (Å²) in [7, 11) is 1.40. The van der Waals surface area contributed by atoms with Crippen LogP contribution in [0.2, 0.25) is 0 Å². The van der Waals surface area contributed by atoms with Gasteiger partial charge in [0.05, 0.1) is 30.4 Å². The third-order valence-electron chi connectivity index (χ3n) is 4.03. The fourth-order valence-electron chi connectivity index (χ4n) is 2.48. The van der Waals surface area contributed by atoms with Crippen LogP contribution in [0.15, 0.2) is 42.5 Å². The summed E-state index contributed by atoms with van der Waals surface area (Å²) in [6.07, 6.45) is 0.817. The van der Waals surface area contributed by atoms with Crippen LogP contribution in [0.5, 0.6) is 11.5 Å². The minimum absolute atomic E-state index is 0.0956. The predicted octanol–water partition coefficient (Wildman–Crippen LogP) is 4.52. The first-order valence-corrected chi connectivity index (χ1v) is 8.75. The molecule has 0 aromatic heterocycles. The Hall–Kier alpha value is -3.09. The number of benzene rings is 2. The third kappa shape index (κ3) is 5.99. The van der Waals surface area contributed by atoms with E-state index >= 15 is 0 Å². The second-order valence-electron chi connectivity index (χ2n) is 6.37. The Kier molecular flexibility index (Phi) is 7.16. The molecule has 144 valence electrons. The lowest BCUT2D eigenvalue weighted by atomic mass is 10.0. The highest BCUT2D eigenvalue weighted by atomic mass is 16.6. The summed E-state index contributed by atoms with van der Waals surface area (Å²) in [5.41, 5.74) is 1.55. The maximum atomic E-state index is 12.1. The van der Waals surface area contributed by atoms with E-state index in [2.05, 4.69) is 19.2 Å². The van der Waals surface area contributed by atoms with E-state index in [0.29, 0.717) is 24.6 Å². The molecule has 0 aliphatic rings. The number of nitro benzene ring substituents is 1. The summed E-state index contributed by atoms with van der Waals surface area (Å²) in [6.45, 7) is 4.69. The number of hydrogen-bond acceptors (Lipinski definition) is 5. The number of nitrogens with one attached hydrogen (secondary N) is 1. The number of non-ortho nitro benzene ring substituents is 1. The van der Waals surface area contributed by atoms with Crippen molar-refractivity contribution in [2.45, 2.75) is 32.6 Å². The average molecular weight is 372 g/mol. The van der Waals surface area contributed by atoms with Gasteiger partial charge in [-0.05, 0) is 36.1 Å². The minimum Gasteiger partial charge on any atom is -0.494 e. The van der Waals surface area contributed by atoms with E-state index in [0.717, 1.165) is 5.75 Å². The summed E-state index contributed by atoms with van der Waals surface area (Å²) in [4.78, 5) is 22.4. The largest absolute Gasteiger partial charge is 0.494 e. The average Bonchev–Trinajstić information content (AvgIpc) is 2.65. The van der Waals surface area contributed by atoms with Crippen LogP contribution in [0.4, 0.5) is 11.4 Å². The highest BCUT2D eigenvalue weighted by Gasteiger charge is 2.13. The lowest BCUT2D eigenvalue weighted by Crippen LogP contribution is -2.13. The van der Waals surface area contributed by atoms with Gasteiger partial charge < -0.3 is 14.8 Å². The zero-order valence-electron chi connectivity index (χ0n) is 15.7. The first-order chi connectivity index (χ1) is 12.9. The molecule has 0 aliphatic carbocycles. The van der Waals surface area contributed by atoms with Gasteiger partial charge in [0.2, 0.25) is 5.91 Å². The zero-order valence-corrected chi connectivity index (χ0v) is 15.7. The van der Waals surface area contributed by atoms with Crippen molar-refractivity contribution in [3.63, 3.8) is 0 Å². The molecule has 0 atom stereocenters. The van der Waals surface area contributed by atoms with Crippen molar-refractivity contribution in [3.05, 3.63) is 58.1 Å². The van der Waals surface area contributed by atoms with E-state index < -0.39 is 4.92 Å². The number of amides is 1. The van der Waals surface area contributed by atoms with E-state index in [1.165, 1.54) is 30.9 Å². The molecule has 7 heteroatoms. The second kappa shape index (κ2) is 9.56. The van der Waals surface area contributed by atoms with Gasteiger partial charge in [0.25, 0.3) is 5.69 Å². The second-order valence-corrected chi connectivity index (χ2v) is 6.37. The molecule has 0 radical (unpaired) electrons. The highest BCUT2D eigenvalue weighted by Crippen LogP contribution is 2.29. The fraction of sp³-hybridized carbons (Fsp3) is 0.350. The molecule has 0 unspecified atom stereocenters. The van der Waals surface area contributed by atoms with Crippen molar-refractivity contribution in [1.29, 1.82) is 0 Å². The highest BCUT2D eigenvalue weighted by molar-refractivity contribution is 5.92. The summed E-state index contributed by atoms with van der Waals surface area (Å²) >= 11 is 0. The number of carbonyl (C=O) groups excluding carboxylic acids is 1. The molecule has 0 saturated heterocycles. The number of nitro groups is 1. The Morgan fingerprint density at radius 3 is 2.48 bits per heavy atom. The first-order valence-electron chi connectivity index (χ1n) is 8.75. The lowest BCUT2D eigenvalue weighted by molar-refractivity contribution is -0.384. The topological polar surface area (TPSA) is 90.7 Å². The Labute approximate surface area is 158 Å². The molecule has 27 heavy (non-hydrogen) atoms. The number of anilines is 1. The lowest BCUT2D eigenvalue weighted by Gasteiger charge is -2.11. The SMILES string of the molecule is COc1cc([N+](=O)[O-])ccc1NC(=O)CCCOc1ccc(C(C)C)cc1. The summed E-state index contributed by atoms with van der Waals surface area (Å²) < 4.78 is 10.8. The molecule has 7 nitrogen and oxygen atoms in total. The molecule has 0 saturated carbocycles. The van der Waals surface area contributed by atoms with Gasteiger partial charge in [0, 0.05) is 12.5 Å². The van der Waals surface area contributed by atoms with Gasteiger partial charge in [0.1, 0.15) is 11.5 Å². The number of rotatable bonds is 9. The summed E-state index contributed by atoms with van der Waals surface area (Å²) in [5, 5.41) is 13.5. The maximum absolute atomic E-state index is 12.1. The van der Waals surface area contributed by atoms with Crippen LogP contribution in [0.25, 0.3) is 0 Å². The number of nitrogens with zero attached hydrogens (tertiary/aromatic N) is 1.